The maximum Gasteiger partial charge on any atom is 0.253 e. The standard InChI is InChI=1S/C36H47N3O4/c1-5-25-13-15-32-28(19-25)30(21-36(43-32)17-9-10-18-36)37-22-31(40)29(20-26-11-7-6-8-12-26)38-34(42)27-14-16-33(41)39(23-27)24-35(2,3)4/h6-8,11-16,19,23,29-31,37,40H,5,9-10,17-18,20-22,24H2,1-4H3,(H,38,42)/t29-,30-,31+/m0/s1. The van der Waals surface area contributed by atoms with Crippen LogP contribution in [0.1, 0.15) is 92.9 Å². The molecule has 2 aromatic carbocycles. The molecule has 0 unspecified atom stereocenters. The first-order chi connectivity index (χ1) is 20.5. The Hall–Kier alpha value is -3.42. The molecule has 1 aliphatic carbocycles. The van der Waals surface area contributed by atoms with Crippen molar-refractivity contribution >= 4 is 5.91 Å². The van der Waals surface area contributed by atoms with Gasteiger partial charge in [0.2, 0.25) is 0 Å². The third-order valence-electron chi connectivity index (χ3n) is 8.82. The summed E-state index contributed by atoms with van der Waals surface area (Å²) in [5, 5.41) is 18.4. The van der Waals surface area contributed by atoms with Gasteiger partial charge in [0.05, 0.1) is 17.7 Å². The number of nitrogens with one attached hydrogen (secondary N) is 2. The Bertz CT molecular complexity index is 1450. The normalized spacial score (nSPS) is 19.0. The van der Waals surface area contributed by atoms with Gasteiger partial charge < -0.3 is 25.0 Å². The predicted octanol–water partition coefficient (Wildman–Crippen LogP) is 5.59. The third-order valence-corrected chi connectivity index (χ3v) is 8.82. The van der Waals surface area contributed by atoms with Gasteiger partial charge in [0, 0.05) is 43.4 Å². The van der Waals surface area contributed by atoms with Crippen LogP contribution in [0.25, 0.3) is 0 Å². The fraction of sp³-hybridized carbons (Fsp3) is 0.500. The van der Waals surface area contributed by atoms with Crippen LogP contribution in [0, 0.1) is 5.41 Å². The molecule has 1 saturated carbocycles. The Morgan fingerprint density at radius 3 is 2.51 bits per heavy atom. The van der Waals surface area contributed by atoms with E-state index in [0.717, 1.165) is 42.6 Å². The highest BCUT2D eigenvalue weighted by Gasteiger charge is 2.43. The van der Waals surface area contributed by atoms with Crippen LogP contribution < -0.4 is 20.9 Å². The molecule has 43 heavy (non-hydrogen) atoms. The fourth-order valence-electron chi connectivity index (χ4n) is 6.56. The quantitative estimate of drug-likeness (QED) is 0.289. The molecule has 3 aromatic rings. The van der Waals surface area contributed by atoms with Crippen molar-refractivity contribution in [3.8, 4) is 5.75 Å². The lowest BCUT2D eigenvalue weighted by Crippen LogP contribution is -2.50. The number of benzene rings is 2. The number of pyridine rings is 1. The van der Waals surface area contributed by atoms with Gasteiger partial charge in [-0.15, -0.1) is 0 Å². The molecule has 3 atom stereocenters. The minimum atomic E-state index is -0.843. The number of aliphatic hydroxyl groups excluding tert-OH is 1. The minimum absolute atomic E-state index is 0.0528. The molecule has 0 radical (unpaired) electrons. The molecule has 7 heteroatoms. The number of ether oxygens (including phenoxy) is 1. The van der Waals surface area contributed by atoms with Crippen molar-refractivity contribution in [2.75, 3.05) is 6.54 Å². The Labute approximate surface area is 255 Å². The molecule has 2 aliphatic rings. The van der Waals surface area contributed by atoms with E-state index >= 15 is 0 Å². The van der Waals surface area contributed by atoms with Crippen molar-refractivity contribution in [1.82, 2.24) is 15.2 Å². The first-order valence-electron chi connectivity index (χ1n) is 15.8. The molecule has 1 aliphatic heterocycles. The summed E-state index contributed by atoms with van der Waals surface area (Å²) in [6.45, 7) is 9.14. The van der Waals surface area contributed by atoms with E-state index in [1.165, 1.54) is 24.5 Å². The van der Waals surface area contributed by atoms with Gasteiger partial charge in [-0.25, -0.2) is 0 Å². The zero-order chi connectivity index (χ0) is 30.6. The van der Waals surface area contributed by atoms with Crippen LogP contribution in [-0.4, -0.2) is 39.9 Å². The summed E-state index contributed by atoms with van der Waals surface area (Å²) in [4.78, 5) is 26.0. The van der Waals surface area contributed by atoms with Gasteiger partial charge in [0.15, 0.2) is 0 Å². The van der Waals surface area contributed by atoms with E-state index in [4.69, 9.17) is 4.74 Å². The summed E-state index contributed by atoms with van der Waals surface area (Å²) in [7, 11) is 0. The zero-order valence-electron chi connectivity index (χ0n) is 26.1. The number of nitrogens with zero attached hydrogens (tertiary/aromatic N) is 1. The average Bonchev–Trinajstić information content (AvgIpc) is 3.43. The lowest BCUT2D eigenvalue weighted by Gasteiger charge is -2.41. The molecule has 230 valence electrons. The van der Waals surface area contributed by atoms with Crippen LogP contribution >= 0.6 is 0 Å². The van der Waals surface area contributed by atoms with E-state index in [0.29, 0.717) is 25.1 Å². The number of hydrogen-bond donors (Lipinski definition) is 3. The summed E-state index contributed by atoms with van der Waals surface area (Å²) in [6, 6.07) is 18.9. The number of aryl methyl sites for hydroxylation is 1. The molecule has 7 nitrogen and oxygen atoms in total. The Morgan fingerprint density at radius 2 is 1.81 bits per heavy atom. The van der Waals surface area contributed by atoms with Gasteiger partial charge in [-0.2, -0.15) is 0 Å². The minimum Gasteiger partial charge on any atom is -0.487 e. The van der Waals surface area contributed by atoms with Crippen LogP contribution in [0.3, 0.4) is 0 Å². The largest absolute Gasteiger partial charge is 0.487 e. The molecule has 0 bridgehead atoms. The molecular formula is C36H47N3O4. The number of aromatic nitrogens is 1. The molecule has 1 aromatic heterocycles. The van der Waals surface area contributed by atoms with E-state index in [2.05, 4.69) is 56.5 Å². The first-order valence-corrected chi connectivity index (χ1v) is 15.8. The summed E-state index contributed by atoms with van der Waals surface area (Å²) in [5.74, 6) is 0.633. The smallest absolute Gasteiger partial charge is 0.253 e. The van der Waals surface area contributed by atoms with E-state index in [1.54, 1.807) is 16.8 Å². The van der Waals surface area contributed by atoms with Gasteiger partial charge in [-0.05, 0) is 67.2 Å². The number of carbonyl (C=O) groups excluding carboxylic acids is 1. The van der Waals surface area contributed by atoms with Crippen molar-refractivity contribution in [1.29, 1.82) is 0 Å². The second-order valence-corrected chi connectivity index (χ2v) is 13.7. The zero-order valence-corrected chi connectivity index (χ0v) is 26.1. The molecule has 1 spiro atoms. The number of amides is 1. The van der Waals surface area contributed by atoms with E-state index in [9.17, 15) is 14.7 Å². The predicted molar refractivity (Wildman–Crippen MR) is 171 cm³/mol. The monoisotopic (exact) mass is 585 g/mol. The number of hydrogen-bond acceptors (Lipinski definition) is 5. The maximum absolute atomic E-state index is 13.5. The van der Waals surface area contributed by atoms with Crippen LogP contribution in [-0.2, 0) is 19.4 Å². The molecule has 3 N–H and O–H groups in total. The number of carbonyl (C=O) groups is 1. The van der Waals surface area contributed by atoms with Gasteiger partial charge >= 0.3 is 0 Å². The summed E-state index contributed by atoms with van der Waals surface area (Å²) in [5.41, 5.74) is 3.42. The van der Waals surface area contributed by atoms with Crippen LogP contribution in [0.2, 0.25) is 0 Å². The Kier molecular flexibility index (Phi) is 9.42. The second-order valence-electron chi connectivity index (χ2n) is 13.7. The highest BCUT2D eigenvalue weighted by atomic mass is 16.5. The van der Waals surface area contributed by atoms with Crippen molar-refractivity contribution in [3.05, 3.63) is 99.5 Å². The average molecular weight is 586 g/mol. The van der Waals surface area contributed by atoms with Gasteiger partial charge in [0.1, 0.15) is 11.4 Å². The second kappa shape index (κ2) is 13.1. The lowest BCUT2D eigenvalue weighted by molar-refractivity contribution is 0.0326. The number of aliphatic hydroxyl groups is 1. The van der Waals surface area contributed by atoms with Gasteiger partial charge in [-0.3, -0.25) is 9.59 Å². The molecule has 1 amide bonds. The van der Waals surface area contributed by atoms with Crippen molar-refractivity contribution in [2.45, 2.75) is 103 Å². The summed E-state index contributed by atoms with van der Waals surface area (Å²) >= 11 is 0. The first kappa shape index (κ1) is 31.0. The lowest BCUT2D eigenvalue weighted by atomic mass is 9.85. The maximum atomic E-state index is 13.5. The molecule has 1 fully saturated rings. The van der Waals surface area contributed by atoms with Crippen LogP contribution in [0.5, 0.6) is 5.75 Å². The molecule has 0 saturated heterocycles. The van der Waals surface area contributed by atoms with Gasteiger partial charge in [0.25, 0.3) is 11.5 Å². The summed E-state index contributed by atoms with van der Waals surface area (Å²) < 4.78 is 8.20. The SMILES string of the molecule is CCc1ccc2c(c1)[C@@H](NC[C@@H](O)[C@H](Cc1ccccc1)NC(=O)c1ccc(=O)n(CC(C)(C)C)c1)CC1(CCCC1)O2. The van der Waals surface area contributed by atoms with Crippen molar-refractivity contribution in [2.24, 2.45) is 5.41 Å². The Morgan fingerprint density at radius 1 is 1.07 bits per heavy atom. The molecule has 5 rings (SSSR count). The summed E-state index contributed by atoms with van der Waals surface area (Å²) in [6.07, 6.45) is 7.51. The van der Waals surface area contributed by atoms with Gasteiger partial charge in [-0.1, -0.05) is 70.2 Å². The van der Waals surface area contributed by atoms with Crippen LogP contribution in [0.4, 0.5) is 0 Å². The molecular weight excluding hydrogens is 538 g/mol. The third kappa shape index (κ3) is 7.76. The fourth-order valence-corrected chi connectivity index (χ4v) is 6.56. The van der Waals surface area contributed by atoms with Crippen molar-refractivity contribution < 1.29 is 14.6 Å². The topological polar surface area (TPSA) is 92.6 Å². The number of fused-ring (bicyclic) bond motifs is 1. The molecule has 2 heterocycles. The Balaban J connectivity index is 1.35. The van der Waals surface area contributed by atoms with E-state index in [-0.39, 0.29) is 28.5 Å². The highest BCUT2D eigenvalue weighted by molar-refractivity contribution is 5.94. The van der Waals surface area contributed by atoms with Crippen molar-refractivity contribution in [3.63, 3.8) is 0 Å². The van der Waals surface area contributed by atoms with Crippen LogP contribution in [0.15, 0.2) is 71.7 Å². The van der Waals surface area contributed by atoms with E-state index in [1.807, 2.05) is 30.3 Å². The highest BCUT2D eigenvalue weighted by Crippen LogP contribution is 2.47. The van der Waals surface area contributed by atoms with E-state index < -0.39 is 12.1 Å². The number of rotatable bonds is 10.